The molecule has 1 unspecified atom stereocenters. The van der Waals surface area contributed by atoms with Gasteiger partial charge in [-0.1, -0.05) is 30.3 Å². The van der Waals surface area contributed by atoms with Crippen LogP contribution in [0.3, 0.4) is 0 Å². The molecular weight excluding hydrogens is 414 g/mol. The number of hydrogen-bond donors (Lipinski definition) is 3. The fourth-order valence-corrected chi connectivity index (χ4v) is 4.25. The van der Waals surface area contributed by atoms with E-state index in [0.717, 1.165) is 41.3 Å². The third kappa shape index (κ3) is 5.21. The van der Waals surface area contributed by atoms with E-state index in [1.165, 1.54) is 10.9 Å². The number of thiocarbonyl (C=S) groups is 1. The summed E-state index contributed by atoms with van der Waals surface area (Å²) < 4.78 is 11.3. The van der Waals surface area contributed by atoms with E-state index in [4.69, 9.17) is 21.7 Å². The van der Waals surface area contributed by atoms with Crippen molar-refractivity contribution in [2.45, 2.75) is 12.3 Å². The van der Waals surface area contributed by atoms with E-state index in [9.17, 15) is 0 Å². The topological polar surface area (TPSA) is 58.3 Å². The molecule has 3 rings (SSSR count). The van der Waals surface area contributed by atoms with Crippen LogP contribution in [0, 0.1) is 0 Å². The molecule has 0 bridgehead atoms. The van der Waals surface area contributed by atoms with Gasteiger partial charge in [0.05, 0.1) is 14.2 Å². The van der Waals surface area contributed by atoms with E-state index in [1.807, 2.05) is 30.0 Å². The van der Waals surface area contributed by atoms with Gasteiger partial charge in [-0.25, -0.2) is 0 Å². The number of thioether (sulfide) groups is 1. The first-order chi connectivity index (χ1) is 14.7. The monoisotopic (exact) mass is 443 g/mol. The summed E-state index contributed by atoms with van der Waals surface area (Å²) in [6.07, 6.45) is 5.27. The van der Waals surface area contributed by atoms with Crippen LogP contribution in [-0.4, -0.2) is 49.4 Å². The smallest absolute Gasteiger partial charge is 0.166 e. The molecule has 0 saturated heterocycles. The molecule has 0 aliphatic carbocycles. The Labute approximate surface area is 187 Å². The summed E-state index contributed by atoms with van der Waals surface area (Å²) in [4.78, 5) is 3.39. The predicted molar refractivity (Wildman–Crippen MR) is 131 cm³/mol. The number of hydrogen-bond acceptors (Lipinski definition) is 4. The largest absolute Gasteiger partial charge is 0.493 e. The molecule has 1 heterocycles. The molecule has 0 aliphatic heterocycles. The van der Waals surface area contributed by atoms with Gasteiger partial charge in [0, 0.05) is 41.7 Å². The molecule has 0 saturated carbocycles. The Balaban J connectivity index is 1.90. The Kier molecular flexibility index (Phi) is 8.28. The van der Waals surface area contributed by atoms with Crippen LogP contribution >= 0.6 is 24.0 Å². The van der Waals surface area contributed by atoms with Crippen LogP contribution in [0.4, 0.5) is 0 Å². The Morgan fingerprint density at radius 2 is 1.90 bits per heavy atom. The molecule has 7 heteroatoms. The molecule has 1 atom stereocenters. The first-order valence-electron chi connectivity index (χ1n) is 9.97. The number of H-pyrrole nitrogens is 1. The molecule has 0 amide bonds. The summed E-state index contributed by atoms with van der Waals surface area (Å²) >= 11 is 7.36. The minimum Gasteiger partial charge on any atom is -0.493 e. The molecule has 0 spiro atoms. The van der Waals surface area contributed by atoms with Gasteiger partial charge in [0.1, 0.15) is 0 Å². The molecule has 30 heavy (non-hydrogen) atoms. The van der Waals surface area contributed by atoms with Crippen LogP contribution in [0.25, 0.3) is 10.9 Å². The van der Waals surface area contributed by atoms with Gasteiger partial charge in [0.2, 0.25) is 0 Å². The number of methoxy groups -OCH3 is 2. The van der Waals surface area contributed by atoms with Crippen LogP contribution in [0.5, 0.6) is 11.5 Å². The molecular formula is C23H29N3O2S2. The molecule has 1 aromatic heterocycles. The van der Waals surface area contributed by atoms with Crippen molar-refractivity contribution in [1.82, 2.24) is 15.6 Å². The SMILES string of the molecule is COc1cccc(C(CNC(=S)NCCCSC)c2c[nH]c3ccccc23)c1OC. The van der Waals surface area contributed by atoms with E-state index in [2.05, 4.69) is 52.3 Å². The fourth-order valence-electron chi connectivity index (χ4n) is 3.63. The normalized spacial score (nSPS) is 11.8. The molecule has 0 fully saturated rings. The van der Waals surface area contributed by atoms with E-state index in [-0.39, 0.29) is 5.92 Å². The van der Waals surface area contributed by atoms with Crippen LogP contribution in [0.1, 0.15) is 23.5 Å². The van der Waals surface area contributed by atoms with Gasteiger partial charge in [0.25, 0.3) is 0 Å². The van der Waals surface area contributed by atoms with E-state index in [0.29, 0.717) is 11.7 Å². The van der Waals surface area contributed by atoms with Gasteiger partial charge in [-0.15, -0.1) is 0 Å². The average molecular weight is 444 g/mol. The van der Waals surface area contributed by atoms with Crippen LogP contribution in [-0.2, 0) is 0 Å². The van der Waals surface area contributed by atoms with Crippen molar-refractivity contribution in [1.29, 1.82) is 0 Å². The lowest BCUT2D eigenvalue weighted by Crippen LogP contribution is -2.38. The van der Waals surface area contributed by atoms with Crippen molar-refractivity contribution in [2.24, 2.45) is 0 Å². The Hall–Kier alpha value is -2.38. The molecule has 3 N–H and O–H groups in total. The highest BCUT2D eigenvalue weighted by Gasteiger charge is 2.23. The van der Waals surface area contributed by atoms with Gasteiger partial charge in [-0.3, -0.25) is 0 Å². The molecule has 2 aromatic carbocycles. The first kappa shape index (κ1) is 22.3. The van der Waals surface area contributed by atoms with Crippen molar-refractivity contribution in [2.75, 3.05) is 39.3 Å². The number of rotatable bonds is 10. The summed E-state index contributed by atoms with van der Waals surface area (Å²) in [5, 5.41) is 8.56. The zero-order chi connectivity index (χ0) is 21.3. The third-order valence-electron chi connectivity index (χ3n) is 5.08. The molecule has 160 valence electrons. The minimum atomic E-state index is 0.0251. The Bertz CT molecular complexity index is 974. The standard InChI is InChI=1S/C23H29N3O2S2/c1-27-21-11-6-9-17(22(21)28-2)19(15-26-23(29)24-12-7-13-30-3)18-14-25-20-10-5-4-8-16(18)20/h4-6,8-11,14,19,25H,7,12-13,15H2,1-3H3,(H2,24,26,29). The van der Waals surface area contributed by atoms with Gasteiger partial charge in [0.15, 0.2) is 16.6 Å². The number of ether oxygens (including phenoxy) is 2. The highest BCUT2D eigenvalue weighted by Crippen LogP contribution is 2.40. The number of nitrogens with one attached hydrogen (secondary N) is 3. The molecule has 0 aliphatic rings. The van der Waals surface area contributed by atoms with Gasteiger partial charge >= 0.3 is 0 Å². The number of aromatic nitrogens is 1. The third-order valence-corrected chi connectivity index (χ3v) is 6.07. The van der Waals surface area contributed by atoms with Gasteiger partial charge in [-0.05, 0) is 48.3 Å². The van der Waals surface area contributed by atoms with Gasteiger partial charge in [-0.2, -0.15) is 11.8 Å². The first-order valence-corrected chi connectivity index (χ1v) is 11.8. The predicted octanol–water partition coefficient (Wildman–Crippen LogP) is 4.53. The summed E-state index contributed by atoms with van der Waals surface area (Å²) in [7, 11) is 3.34. The van der Waals surface area contributed by atoms with Crippen LogP contribution in [0.2, 0.25) is 0 Å². The second kappa shape index (κ2) is 11.1. The fraction of sp³-hybridized carbons (Fsp3) is 0.348. The zero-order valence-electron chi connectivity index (χ0n) is 17.7. The summed E-state index contributed by atoms with van der Waals surface area (Å²) in [6.45, 7) is 1.51. The maximum Gasteiger partial charge on any atom is 0.166 e. The second-order valence-corrected chi connectivity index (χ2v) is 8.30. The lowest BCUT2D eigenvalue weighted by Gasteiger charge is -2.22. The van der Waals surface area contributed by atoms with Crippen LogP contribution in [0.15, 0.2) is 48.7 Å². The van der Waals surface area contributed by atoms with E-state index in [1.54, 1.807) is 14.2 Å². The van der Waals surface area contributed by atoms with E-state index < -0.39 is 0 Å². The number of para-hydroxylation sites is 2. The van der Waals surface area contributed by atoms with Crippen molar-refractivity contribution in [3.63, 3.8) is 0 Å². The number of fused-ring (bicyclic) bond motifs is 1. The van der Waals surface area contributed by atoms with Crippen molar-refractivity contribution in [3.8, 4) is 11.5 Å². The Morgan fingerprint density at radius 3 is 2.67 bits per heavy atom. The highest BCUT2D eigenvalue weighted by molar-refractivity contribution is 7.98. The summed E-state index contributed by atoms with van der Waals surface area (Å²) in [5.74, 6) is 2.61. The van der Waals surface area contributed by atoms with Crippen molar-refractivity contribution >= 4 is 40.0 Å². The lowest BCUT2D eigenvalue weighted by atomic mass is 9.90. The molecule has 0 radical (unpaired) electrons. The van der Waals surface area contributed by atoms with Crippen LogP contribution < -0.4 is 20.1 Å². The second-order valence-electron chi connectivity index (χ2n) is 6.91. The summed E-state index contributed by atoms with van der Waals surface area (Å²) in [5.41, 5.74) is 3.35. The maximum absolute atomic E-state index is 5.74. The quantitative estimate of drug-likeness (QED) is 0.316. The molecule has 3 aromatic rings. The molecule has 5 nitrogen and oxygen atoms in total. The number of aromatic amines is 1. The van der Waals surface area contributed by atoms with Crippen molar-refractivity contribution < 1.29 is 9.47 Å². The average Bonchev–Trinajstić information content (AvgIpc) is 3.20. The summed E-state index contributed by atoms with van der Waals surface area (Å²) in [6, 6.07) is 14.3. The minimum absolute atomic E-state index is 0.0251. The van der Waals surface area contributed by atoms with Gasteiger partial charge < -0.3 is 25.1 Å². The van der Waals surface area contributed by atoms with Crippen molar-refractivity contribution in [3.05, 3.63) is 59.8 Å². The Morgan fingerprint density at radius 1 is 1.07 bits per heavy atom. The zero-order valence-corrected chi connectivity index (χ0v) is 19.3. The highest BCUT2D eigenvalue weighted by atomic mass is 32.2. The number of benzene rings is 2. The van der Waals surface area contributed by atoms with E-state index >= 15 is 0 Å². The maximum atomic E-state index is 5.74. The lowest BCUT2D eigenvalue weighted by molar-refractivity contribution is 0.350.